The number of piperidine rings is 1. The molecule has 1 aliphatic heterocycles. The highest BCUT2D eigenvalue weighted by atomic mass is 19.1. The monoisotopic (exact) mass is 290 g/mol. The molecule has 3 nitrogen and oxygen atoms in total. The van der Waals surface area contributed by atoms with Gasteiger partial charge in [0, 0.05) is 24.3 Å². The molecule has 0 aromatic heterocycles. The van der Waals surface area contributed by atoms with Crippen LogP contribution in [0.25, 0.3) is 0 Å². The van der Waals surface area contributed by atoms with Crippen LogP contribution in [0.5, 0.6) is 0 Å². The van der Waals surface area contributed by atoms with Crippen molar-refractivity contribution in [1.29, 1.82) is 0 Å². The van der Waals surface area contributed by atoms with Gasteiger partial charge in [0.15, 0.2) is 0 Å². The Bertz CT molecular complexity index is 507. The first-order valence-electron chi connectivity index (χ1n) is 7.93. The third-order valence-corrected chi connectivity index (χ3v) is 5.19. The summed E-state index contributed by atoms with van der Waals surface area (Å²) in [6.45, 7) is 1.57. The van der Waals surface area contributed by atoms with Crippen molar-refractivity contribution in [3.63, 3.8) is 0 Å². The Kier molecular flexibility index (Phi) is 3.87. The summed E-state index contributed by atoms with van der Waals surface area (Å²) in [5.74, 6) is -0.536. The van der Waals surface area contributed by atoms with Gasteiger partial charge in [0.2, 0.25) is 0 Å². The van der Waals surface area contributed by atoms with E-state index in [9.17, 15) is 9.18 Å². The maximum atomic E-state index is 13.4. The largest absolute Gasteiger partial charge is 0.399 e. The lowest BCUT2D eigenvalue weighted by molar-refractivity contribution is 0.0471. The second-order valence-electron chi connectivity index (χ2n) is 6.63. The molecular weight excluding hydrogens is 267 g/mol. The number of carbonyl (C=O) groups is 1. The molecule has 1 heterocycles. The highest BCUT2D eigenvalue weighted by Crippen LogP contribution is 2.44. The minimum Gasteiger partial charge on any atom is -0.399 e. The number of benzene rings is 1. The predicted molar refractivity (Wildman–Crippen MR) is 81.5 cm³/mol. The Morgan fingerprint density at radius 1 is 1.05 bits per heavy atom. The van der Waals surface area contributed by atoms with Gasteiger partial charge >= 0.3 is 0 Å². The van der Waals surface area contributed by atoms with Crippen LogP contribution in [-0.2, 0) is 0 Å². The van der Waals surface area contributed by atoms with Gasteiger partial charge in [-0.25, -0.2) is 4.39 Å². The second-order valence-corrected chi connectivity index (χ2v) is 6.63. The van der Waals surface area contributed by atoms with E-state index in [1.807, 2.05) is 4.90 Å². The van der Waals surface area contributed by atoms with Crippen molar-refractivity contribution in [2.24, 2.45) is 5.41 Å². The van der Waals surface area contributed by atoms with Crippen molar-refractivity contribution in [3.8, 4) is 0 Å². The molecule has 1 spiro atoms. The third-order valence-electron chi connectivity index (χ3n) is 5.19. The zero-order valence-corrected chi connectivity index (χ0v) is 12.4. The molecule has 114 valence electrons. The lowest BCUT2D eigenvalue weighted by Crippen LogP contribution is -2.43. The van der Waals surface area contributed by atoms with E-state index in [2.05, 4.69) is 0 Å². The first kappa shape index (κ1) is 14.4. The van der Waals surface area contributed by atoms with Crippen molar-refractivity contribution in [1.82, 2.24) is 4.90 Å². The summed E-state index contributed by atoms with van der Waals surface area (Å²) in [6.07, 6.45) is 8.80. The zero-order valence-electron chi connectivity index (χ0n) is 12.4. The van der Waals surface area contributed by atoms with E-state index in [0.717, 1.165) is 25.9 Å². The van der Waals surface area contributed by atoms with Crippen molar-refractivity contribution < 1.29 is 9.18 Å². The van der Waals surface area contributed by atoms with Gasteiger partial charge in [-0.15, -0.1) is 0 Å². The Hall–Kier alpha value is -1.58. The Morgan fingerprint density at radius 2 is 1.71 bits per heavy atom. The van der Waals surface area contributed by atoms with E-state index >= 15 is 0 Å². The van der Waals surface area contributed by atoms with Gasteiger partial charge in [0.25, 0.3) is 5.91 Å². The number of nitrogens with two attached hydrogens (primary N) is 1. The van der Waals surface area contributed by atoms with Gasteiger partial charge in [-0.05, 0) is 49.3 Å². The number of rotatable bonds is 1. The number of nitrogen functional groups attached to an aromatic ring is 1. The summed E-state index contributed by atoms with van der Waals surface area (Å²) in [6, 6.07) is 4.09. The Labute approximate surface area is 125 Å². The molecule has 21 heavy (non-hydrogen) atoms. The van der Waals surface area contributed by atoms with E-state index in [0.29, 0.717) is 16.7 Å². The van der Waals surface area contributed by atoms with Gasteiger partial charge < -0.3 is 10.6 Å². The second kappa shape index (κ2) is 5.66. The molecule has 3 rings (SSSR count). The fourth-order valence-corrected chi connectivity index (χ4v) is 3.90. The number of amides is 1. The molecule has 2 fully saturated rings. The van der Waals surface area contributed by atoms with Gasteiger partial charge in [-0.1, -0.05) is 19.3 Å². The van der Waals surface area contributed by atoms with Crippen LogP contribution >= 0.6 is 0 Å². The van der Waals surface area contributed by atoms with Crippen LogP contribution in [-0.4, -0.2) is 23.9 Å². The molecule has 1 saturated carbocycles. The summed E-state index contributed by atoms with van der Waals surface area (Å²) in [5.41, 5.74) is 6.77. The lowest BCUT2D eigenvalue weighted by atomic mass is 9.68. The smallest absolute Gasteiger partial charge is 0.254 e. The number of anilines is 1. The lowest BCUT2D eigenvalue weighted by Gasteiger charge is -2.44. The van der Waals surface area contributed by atoms with Crippen LogP contribution < -0.4 is 5.73 Å². The highest BCUT2D eigenvalue weighted by Gasteiger charge is 2.36. The standard InChI is InChI=1S/C17H23FN2O/c18-14-10-13(11-15(19)12-14)16(21)20-8-6-17(7-9-20)4-2-1-3-5-17/h10-12H,1-9,19H2. The van der Waals surface area contributed by atoms with Gasteiger partial charge in [0.05, 0.1) is 0 Å². The Balaban J connectivity index is 1.67. The molecule has 0 bridgehead atoms. The summed E-state index contributed by atoms with van der Waals surface area (Å²) >= 11 is 0. The van der Waals surface area contributed by atoms with Crippen molar-refractivity contribution in [2.75, 3.05) is 18.8 Å². The molecule has 1 aromatic carbocycles. The zero-order chi connectivity index (χ0) is 14.9. The van der Waals surface area contributed by atoms with Gasteiger partial charge in [-0.2, -0.15) is 0 Å². The number of carbonyl (C=O) groups excluding carboxylic acids is 1. The quantitative estimate of drug-likeness (QED) is 0.803. The molecule has 0 atom stereocenters. The summed E-state index contributed by atoms with van der Waals surface area (Å²) in [5, 5.41) is 0. The van der Waals surface area contributed by atoms with Crippen LogP contribution in [0.15, 0.2) is 18.2 Å². The normalized spacial score (nSPS) is 21.5. The maximum Gasteiger partial charge on any atom is 0.254 e. The summed E-state index contributed by atoms with van der Waals surface area (Å²) in [7, 11) is 0. The molecular formula is C17H23FN2O. The third kappa shape index (κ3) is 3.04. The average molecular weight is 290 g/mol. The summed E-state index contributed by atoms with van der Waals surface area (Å²) < 4.78 is 13.4. The maximum absolute atomic E-state index is 13.4. The summed E-state index contributed by atoms with van der Waals surface area (Å²) in [4.78, 5) is 14.3. The minimum absolute atomic E-state index is 0.0909. The van der Waals surface area contributed by atoms with E-state index in [1.165, 1.54) is 44.2 Å². The molecule has 2 aliphatic rings. The number of likely N-dealkylation sites (tertiary alicyclic amines) is 1. The molecule has 1 saturated heterocycles. The highest BCUT2D eigenvalue weighted by molar-refractivity contribution is 5.95. The average Bonchev–Trinajstić information content (AvgIpc) is 2.47. The topological polar surface area (TPSA) is 46.3 Å². The van der Waals surface area contributed by atoms with E-state index in [4.69, 9.17) is 5.73 Å². The van der Waals surface area contributed by atoms with Crippen LogP contribution in [0.3, 0.4) is 0 Å². The molecule has 1 aliphatic carbocycles. The first-order chi connectivity index (χ1) is 10.1. The fourth-order valence-electron chi connectivity index (χ4n) is 3.90. The van der Waals surface area contributed by atoms with Crippen LogP contribution in [0.4, 0.5) is 10.1 Å². The SMILES string of the molecule is Nc1cc(F)cc(C(=O)N2CCC3(CCCCC3)CC2)c1. The molecule has 1 aromatic rings. The van der Waals surface area contributed by atoms with Crippen molar-refractivity contribution in [3.05, 3.63) is 29.6 Å². The van der Waals surface area contributed by atoms with Gasteiger partial charge in [-0.3, -0.25) is 4.79 Å². The fraction of sp³-hybridized carbons (Fsp3) is 0.588. The molecule has 1 amide bonds. The van der Waals surface area contributed by atoms with Crippen molar-refractivity contribution >= 4 is 11.6 Å². The number of hydrogen-bond acceptors (Lipinski definition) is 2. The molecule has 0 unspecified atom stereocenters. The number of hydrogen-bond donors (Lipinski definition) is 1. The van der Waals surface area contributed by atoms with Crippen molar-refractivity contribution in [2.45, 2.75) is 44.9 Å². The first-order valence-corrected chi connectivity index (χ1v) is 7.93. The van der Waals surface area contributed by atoms with E-state index < -0.39 is 5.82 Å². The Morgan fingerprint density at radius 3 is 2.33 bits per heavy atom. The van der Waals surface area contributed by atoms with E-state index in [-0.39, 0.29) is 5.91 Å². The molecule has 0 radical (unpaired) electrons. The molecule has 4 heteroatoms. The minimum atomic E-state index is -0.445. The number of nitrogens with zero attached hydrogens (tertiary/aromatic N) is 1. The van der Waals surface area contributed by atoms with Crippen LogP contribution in [0, 0.1) is 11.2 Å². The van der Waals surface area contributed by atoms with E-state index in [1.54, 1.807) is 6.07 Å². The molecule has 2 N–H and O–H groups in total. The van der Waals surface area contributed by atoms with Crippen LogP contribution in [0.1, 0.15) is 55.3 Å². The number of halogens is 1. The predicted octanol–water partition coefficient (Wildman–Crippen LogP) is 3.59. The van der Waals surface area contributed by atoms with Gasteiger partial charge in [0.1, 0.15) is 5.82 Å². The van der Waals surface area contributed by atoms with Crippen LogP contribution in [0.2, 0.25) is 0 Å².